The molecule has 0 heterocycles. The van der Waals surface area contributed by atoms with Crippen LogP contribution < -0.4 is 0 Å². The molecule has 1 nitrogen and oxygen atoms in total. The normalized spacial score (nSPS) is 38.8. The molecule has 0 unspecified atom stereocenters. The van der Waals surface area contributed by atoms with E-state index in [1.54, 1.807) is 6.92 Å². The van der Waals surface area contributed by atoms with Crippen molar-refractivity contribution < 1.29 is 25.5 Å². The van der Waals surface area contributed by atoms with Gasteiger partial charge < -0.3 is 6.42 Å². The first kappa shape index (κ1) is 10.7. The quantitative estimate of drug-likeness (QED) is 0.534. The van der Waals surface area contributed by atoms with Gasteiger partial charge in [0.25, 0.3) is 0 Å². The maximum Gasteiger partial charge on any atom is 0.133 e. The predicted octanol–water partition coefficient (Wildman–Crippen LogP) is 2.42. The third-order valence-corrected chi connectivity index (χ3v) is 2.98. The maximum atomic E-state index is 10.8. The molecule has 71 valence electrons. The van der Waals surface area contributed by atoms with Crippen molar-refractivity contribution in [1.82, 2.24) is 0 Å². The van der Waals surface area contributed by atoms with Crippen LogP contribution in [-0.4, -0.2) is 0 Å². The molecular formula is C10H14OPd-. The summed E-state index contributed by atoms with van der Waals surface area (Å²) >= 11 is 0. The van der Waals surface area contributed by atoms with Crippen LogP contribution in [0, 0.1) is 36.7 Å². The fourth-order valence-electron chi connectivity index (χ4n) is 2.51. The molecule has 2 bridgehead atoms. The summed E-state index contributed by atoms with van der Waals surface area (Å²) in [6, 6.07) is 0. The molecule has 0 aromatic carbocycles. The Labute approximate surface area is 88.6 Å². The minimum atomic E-state index is 0. The summed E-state index contributed by atoms with van der Waals surface area (Å²) in [7, 11) is 0. The van der Waals surface area contributed by atoms with Gasteiger partial charge in [0.1, 0.15) is 6.10 Å². The Hall–Kier alpha value is 0.622. The van der Waals surface area contributed by atoms with E-state index in [0.29, 0.717) is 5.92 Å². The molecule has 12 heavy (non-hydrogen) atoms. The molecule has 3 radical (unpaired) electrons. The van der Waals surface area contributed by atoms with Gasteiger partial charge >= 0.3 is 0 Å². The summed E-state index contributed by atoms with van der Waals surface area (Å²) in [6.45, 7) is 1.65. The van der Waals surface area contributed by atoms with Crippen LogP contribution in [-0.2, 0) is 25.5 Å². The zero-order valence-electron chi connectivity index (χ0n) is 7.23. The number of fused-ring (bicyclic) bond motifs is 2. The molecule has 2 saturated carbocycles. The zero-order chi connectivity index (χ0) is 7.84. The molecule has 2 heteroatoms. The van der Waals surface area contributed by atoms with Crippen LogP contribution in [0.3, 0.4) is 0 Å². The van der Waals surface area contributed by atoms with Crippen molar-refractivity contribution >= 4 is 0 Å². The number of hydrogen-bond donors (Lipinski definition) is 0. The summed E-state index contributed by atoms with van der Waals surface area (Å²) in [6.07, 6.45) is 8.55. The van der Waals surface area contributed by atoms with Gasteiger partial charge in [-0.05, 0) is 13.3 Å². The molecule has 0 saturated heterocycles. The average molecular weight is 257 g/mol. The molecule has 0 aliphatic heterocycles. The van der Waals surface area contributed by atoms with Gasteiger partial charge in [0.05, 0.1) is 0 Å². The summed E-state index contributed by atoms with van der Waals surface area (Å²) in [5.41, 5.74) is 0. The van der Waals surface area contributed by atoms with Crippen LogP contribution >= 0.6 is 0 Å². The number of rotatable bonds is 2. The van der Waals surface area contributed by atoms with E-state index in [4.69, 9.17) is 0 Å². The van der Waals surface area contributed by atoms with Gasteiger partial charge in [0, 0.05) is 20.4 Å². The van der Waals surface area contributed by atoms with Crippen molar-refractivity contribution in [3.05, 3.63) is 18.9 Å². The van der Waals surface area contributed by atoms with E-state index in [-0.39, 0.29) is 26.5 Å². The van der Waals surface area contributed by atoms with Gasteiger partial charge in [-0.25, -0.2) is 5.11 Å². The van der Waals surface area contributed by atoms with Crippen molar-refractivity contribution in [2.75, 3.05) is 0 Å². The minimum absolute atomic E-state index is 0. The van der Waals surface area contributed by atoms with Gasteiger partial charge in [0.15, 0.2) is 0 Å². The molecule has 2 fully saturated rings. The molecule has 2 rings (SSSR count). The van der Waals surface area contributed by atoms with Crippen molar-refractivity contribution in [3.63, 3.8) is 0 Å². The van der Waals surface area contributed by atoms with E-state index >= 15 is 0 Å². The first-order valence-electron chi connectivity index (χ1n) is 4.46. The standard InChI is InChI=1S/C10H14O.Pd/c1-7(11)4-10-6-8-2-3-9(10)5-8;/h4,6,8-10H,2-3,5H2,1H3;/q-1;/t8-,9+,10+;/m0./s1. The molecule has 0 N–H and O–H groups in total. The Balaban J connectivity index is 0.000000720. The first-order chi connectivity index (χ1) is 5.25. The summed E-state index contributed by atoms with van der Waals surface area (Å²) < 4.78 is 0. The molecule has 0 aromatic rings. The van der Waals surface area contributed by atoms with E-state index in [2.05, 4.69) is 6.42 Å². The zero-order valence-corrected chi connectivity index (χ0v) is 8.79. The minimum Gasteiger partial charge on any atom is -0.322 e. The second kappa shape index (κ2) is 4.22. The molecule has 3 atom stereocenters. The van der Waals surface area contributed by atoms with Crippen molar-refractivity contribution in [3.8, 4) is 0 Å². The van der Waals surface area contributed by atoms with Crippen LogP contribution in [0.2, 0.25) is 0 Å². The Bertz CT molecular complexity index is 147. The van der Waals surface area contributed by atoms with Gasteiger partial charge in [0.2, 0.25) is 0 Å². The van der Waals surface area contributed by atoms with E-state index in [9.17, 15) is 5.11 Å². The topological polar surface area (TPSA) is 19.9 Å². The second-order valence-electron chi connectivity index (χ2n) is 3.88. The molecule has 0 aromatic heterocycles. The smallest absolute Gasteiger partial charge is 0.133 e. The van der Waals surface area contributed by atoms with E-state index < -0.39 is 0 Å². The Morgan fingerprint density at radius 3 is 2.67 bits per heavy atom. The Kier molecular flexibility index (Phi) is 3.77. The average Bonchev–Trinajstić information content (AvgIpc) is 2.45. The fourth-order valence-corrected chi connectivity index (χ4v) is 2.51. The van der Waals surface area contributed by atoms with Crippen LogP contribution in [0.1, 0.15) is 26.2 Å². The van der Waals surface area contributed by atoms with E-state index in [0.717, 1.165) is 11.8 Å². The second-order valence-corrected chi connectivity index (χ2v) is 3.88. The summed E-state index contributed by atoms with van der Waals surface area (Å²) in [5, 5.41) is 10.8. The third kappa shape index (κ3) is 2.10. The van der Waals surface area contributed by atoms with E-state index in [1.165, 1.54) is 19.3 Å². The van der Waals surface area contributed by atoms with Crippen molar-refractivity contribution in [2.24, 2.45) is 17.8 Å². The van der Waals surface area contributed by atoms with Gasteiger partial charge in [-0.3, -0.25) is 0 Å². The van der Waals surface area contributed by atoms with E-state index in [1.807, 2.05) is 6.42 Å². The fraction of sp³-hybridized carbons (Fsp3) is 0.700. The van der Waals surface area contributed by atoms with Crippen LogP contribution in [0.4, 0.5) is 0 Å². The van der Waals surface area contributed by atoms with Crippen LogP contribution in [0.25, 0.3) is 0 Å². The molecule has 2 aliphatic rings. The molecule has 0 amide bonds. The largest absolute Gasteiger partial charge is 0.322 e. The summed E-state index contributed by atoms with van der Waals surface area (Å²) in [4.78, 5) is 0. The first-order valence-corrected chi connectivity index (χ1v) is 4.46. The third-order valence-electron chi connectivity index (χ3n) is 2.98. The maximum absolute atomic E-state index is 10.8. The Morgan fingerprint density at radius 2 is 2.25 bits per heavy atom. The van der Waals surface area contributed by atoms with Crippen LogP contribution in [0.5, 0.6) is 0 Å². The SMILES string of the molecule is C[C]([O])[CH][C@@H]1[CH-][C@H]2CC[C@@H]1C2.[Pd]. The van der Waals surface area contributed by atoms with Gasteiger partial charge in [-0.1, -0.05) is 25.2 Å². The molecular weight excluding hydrogens is 243 g/mol. The molecule has 0 spiro atoms. The van der Waals surface area contributed by atoms with Crippen molar-refractivity contribution in [2.45, 2.75) is 26.2 Å². The van der Waals surface area contributed by atoms with Gasteiger partial charge in [-0.2, -0.15) is 11.8 Å². The predicted molar refractivity (Wildman–Crippen MR) is 42.5 cm³/mol. The number of hydrogen-bond acceptors (Lipinski definition) is 0. The van der Waals surface area contributed by atoms with Crippen LogP contribution in [0.15, 0.2) is 0 Å². The van der Waals surface area contributed by atoms with Gasteiger partial charge in [-0.15, -0.1) is 0 Å². The van der Waals surface area contributed by atoms with Crippen molar-refractivity contribution in [1.29, 1.82) is 0 Å². The molecule has 2 aliphatic carbocycles. The monoisotopic (exact) mass is 256 g/mol. The Morgan fingerprint density at radius 1 is 1.50 bits per heavy atom. The summed E-state index contributed by atoms with van der Waals surface area (Å²) in [5.74, 6) is 2.16.